The van der Waals surface area contributed by atoms with Crippen LogP contribution in [0.25, 0.3) is 6.08 Å². The Morgan fingerprint density at radius 2 is 2.23 bits per heavy atom. The van der Waals surface area contributed by atoms with Gasteiger partial charge in [0.15, 0.2) is 0 Å². The van der Waals surface area contributed by atoms with Crippen molar-refractivity contribution in [3.63, 3.8) is 0 Å². The molecule has 0 aliphatic heterocycles. The number of aromatic carboxylic acids is 1. The fourth-order valence-corrected chi connectivity index (χ4v) is 1.53. The van der Waals surface area contributed by atoms with Gasteiger partial charge in [0, 0.05) is 5.69 Å². The quantitative estimate of drug-likeness (QED) is 0.636. The number of benzene rings is 1. The van der Waals surface area contributed by atoms with Crippen molar-refractivity contribution >= 4 is 17.7 Å². The third-order valence-corrected chi connectivity index (χ3v) is 2.19. The Bertz CT molecular complexity index is 408. The first-order valence-electron chi connectivity index (χ1n) is 4.00. The molecule has 13 heavy (non-hydrogen) atoms. The first kappa shape index (κ1) is 7.86. The molecule has 1 aliphatic rings. The minimum absolute atomic E-state index is 0.253. The van der Waals surface area contributed by atoms with Crippen molar-refractivity contribution in [2.75, 3.05) is 5.73 Å². The molecule has 0 heterocycles. The number of fused-ring (bicyclic) bond motifs is 1. The number of carboxylic acid groups (broad SMARTS) is 1. The lowest BCUT2D eigenvalue weighted by Gasteiger charge is -2.04. The van der Waals surface area contributed by atoms with Gasteiger partial charge in [-0.2, -0.15) is 0 Å². The maximum atomic E-state index is 10.7. The number of hydrogen-bond donors (Lipinski definition) is 2. The summed E-state index contributed by atoms with van der Waals surface area (Å²) >= 11 is 0. The van der Waals surface area contributed by atoms with Gasteiger partial charge < -0.3 is 10.8 Å². The summed E-state index contributed by atoms with van der Waals surface area (Å²) in [5, 5.41) is 8.76. The molecule has 1 aromatic carbocycles. The molecule has 3 nitrogen and oxygen atoms in total. The Morgan fingerprint density at radius 3 is 2.92 bits per heavy atom. The van der Waals surface area contributed by atoms with Gasteiger partial charge in [0.25, 0.3) is 0 Å². The molecular formula is C10H9NO2. The molecule has 0 amide bonds. The minimum atomic E-state index is -0.935. The highest BCUT2D eigenvalue weighted by Gasteiger charge is 2.12. The standard InChI is InChI=1S/C10H9NO2/c11-9-5-7(10(12)13)4-6-2-1-3-8(6)9/h1-2,4-5H,3,11H2,(H,12,13). The highest BCUT2D eigenvalue weighted by molar-refractivity contribution is 5.91. The van der Waals surface area contributed by atoms with E-state index >= 15 is 0 Å². The lowest BCUT2D eigenvalue weighted by atomic mass is 10.0. The summed E-state index contributed by atoms with van der Waals surface area (Å²) in [5.41, 5.74) is 8.49. The average molecular weight is 175 g/mol. The number of anilines is 1. The highest BCUT2D eigenvalue weighted by Crippen LogP contribution is 2.26. The van der Waals surface area contributed by atoms with Crippen LogP contribution in [0.5, 0.6) is 0 Å². The predicted octanol–water partition coefficient (Wildman–Crippen LogP) is 1.54. The number of allylic oxidation sites excluding steroid dienone is 1. The Balaban J connectivity index is 2.60. The molecule has 2 rings (SSSR count). The van der Waals surface area contributed by atoms with Crippen molar-refractivity contribution in [2.24, 2.45) is 0 Å². The van der Waals surface area contributed by atoms with E-state index in [4.69, 9.17) is 10.8 Å². The molecule has 0 unspecified atom stereocenters. The molecule has 0 saturated carbocycles. The van der Waals surface area contributed by atoms with Crippen LogP contribution in [0.1, 0.15) is 21.5 Å². The van der Waals surface area contributed by atoms with E-state index in [9.17, 15) is 4.79 Å². The molecule has 0 fully saturated rings. The van der Waals surface area contributed by atoms with Gasteiger partial charge in [-0.3, -0.25) is 0 Å². The van der Waals surface area contributed by atoms with E-state index in [-0.39, 0.29) is 5.56 Å². The molecule has 3 heteroatoms. The van der Waals surface area contributed by atoms with Gasteiger partial charge in [-0.25, -0.2) is 4.79 Å². The van der Waals surface area contributed by atoms with Gasteiger partial charge >= 0.3 is 5.97 Å². The maximum Gasteiger partial charge on any atom is 0.335 e. The molecule has 1 aliphatic carbocycles. The van der Waals surface area contributed by atoms with E-state index in [0.717, 1.165) is 17.5 Å². The zero-order chi connectivity index (χ0) is 9.42. The molecular weight excluding hydrogens is 166 g/mol. The number of hydrogen-bond acceptors (Lipinski definition) is 2. The van der Waals surface area contributed by atoms with Crippen molar-refractivity contribution in [3.05, 3.63) is 34.9 Å². The van der Waals surface area contributed by atoms with Gasteiger partial charge in [-0.15, -0.1) is 0 Å². The summed E-state index contributed by atoms with van der Waals surface area (Å²) in [6, 6.07) is 3.16. The molecule has 1 aromatic rings. The van der Waals surface area contributed by atoms with E-state index < -0.39 is 5.97 Å². The van der Waals surface area contributed by atoms with Crippen molar-refractivity contribution in [1.82, 2.24) is 0 Å². The number of carboxylic acids is 1. The Labute approximate surface area is 75.5 Å². The van der Waals surface area contributed by atoms with Crippen LogP contribution in [-0.4, -0.2) is 11.1 Å². The number of nitrogen functional groups attached to an aromatic ring is 1. The van der Waals surface area contributed by atoms with Crippen molar-refractivity contribution in [2.45, 2.75) is 6.42 Å². The highest BCUT2D eigenvalue weighted by atomic mass is 16.4. The molecule has 0 spiro atoms. The number of carbonyl (C=O) groups is 1. The number of nitrogens with two attached hydrogens (primary N) is 1. The Hall–Kier alpha value is -1.77. The van der Waals surface area contributed by atoms with E-state index in [0.29, 0.717) is 5.69 Å². The van der Waals surface area contributed by atoms with Gasteiger partial charge in [0.1, 0.15) is 0 Å². The smallest absolute Gasteiger partial charge is 0.335 e. The third kappa shape index (κ3) is 1.18. The first-order chi connectivity index (χ1) is 6.18. The molecule has 3 N–H and O–H groups in total. The van der Waals surface area contributed by atoms with E-state index in [1.165, 1.54) is 6.07 Å². The number of rotatable bonds is 1. The van der Waals surface area contributed by atoms with E-state index in [1.807, 2.05) is 12.2 Å². The second-order valence-electron chi connectivity index (χ2n) is 3.04. The van der Waals surface area contributed by atoms with Crippen molar-refractivity contribution < 1.29 is 9.90 Å². The summed E-state index contributed by atoms with van der Waals surface area (Å²) in [6.07, 6.45) is 4.69. The zero-order valence-corrected chi connectivity index (χ0v) is 6.95. The van der Waals surface area contributed by atoms with Crippen LogP contribution < -0.4 is 5.73 Å². The average Bonchev–Trinajstić information content (AvgIpc) is 2.51. The minimum Gasteiger partial charge on any atom is -0.478 e. The van der Waals surface area contributed by atoms with E-state index in [2.05, 4.69) is 0 Å². The molecule has 66 valence electrons. The normalized spacial score (nSPS) is 12.9. The summed E-state index contributed by atoms with van der Waals surface area (Å²) in [6.45, 7) is 0. The van der Waals surface area contributed by atoms with Crippen LogP contribution in [0, 0.1) is 0 Å². The predicted molar refractivity (Wildman–Crippen MR) is 50.6 cm³/mol. The molecule has 0 bridgehead atoms. The summed E-state index contributed by atoms with van der Waals surface area (Å²) in [7, 11) is 0. The molecule has 0 saturated heterocycles. The van der Waals surface area contributed by atoms with E-state index in [1.54, 1.807) is 6.07 Å². The molecule has 0 atom stereocenters. The zero-order valence-electron chi connectivity index (χ0n) is 6.95. The van der Waals surface area contributed by atoms with Crippen molar-refractivity contribution in [3.8, 4) is 0 Å². The third-order valence-electron chi connectivity index (χ3n) is 2.19. The van der Waals surface area contributed by atoms with Crippen LogP contribution in [0.15, 0.2) is 18.2 Å². The summed E-state index contributed by atoms with van der Waals surface area (Å²) < 4.78 is 0. The fourth-order valence-electron chi connectivity index (χ4n) is 1.53. The first-order valence-corrected chi connectivity index (χ1v) is 4.00. The lowest BCUT2D eigenvalue weighted by molar-refractivity contribution is 0.0697. The van der Waals surface area contributed by atoms with Crippen LogP contribution in [0.3, 0.4) is 0 Å². The SMILES string of the molecule is Nc1cc(C(=O)O)cc2c1CC=C2. The Kier molecular flexibility index (Phi) is 1.59. The summed E-state index contributed by atoms with van der Waals surface area (Å²) in [4.78, 5) is 10.7. The van der Waals surface area contributed by atoms with Gasteiger partial charge in [-0.05, 0) is 29.7 Å². The summed E-state index contributed by atoms with van der Waals surface area (Å²) in [5.74, 6) is -0.935. The monoisotopic (exact) mass is 175 g/mol. The topological polar surface area (TPSA) is 63.3 Å². The van der Waals surface area contributed by atoms with Gasteiger partial charge in [0.05, 0.1) is 5.56 Å². The second-order valence-corrected chi connectivity index (χ2v) is 3.04. The fraction of sp³-hybridized carbons (Fsp3) is 0.100. The van der Waals surface area contributed by atoms with Crippen molar-refractivity contribution in [1.29, 1.82) is 0 Å². The Morgan fingerprint density at radius 1 is 1.46 bits per heavy atom. The van der Waals surface area contributed by atoms with Crippen LogP contribution in [-0.2, 0) is 6.42 Å². The van der Waals surface area contributed by atoms with Crippen LogP contribution >= 0.6 is 0 Å². The largest absolute Gasteiger partial charge is 0.478 e. The van der Waals surface area contributed by atoms with Gasteiger partial charge in [-0.1, -0.05) is 12.2 Å². The molecule has 0 aromatic heterocycles. The maximum absolute atomic E-state index is 10.7. The lowest BCUT2D eigenvalue weighted by Crippen LogP contribution is -2.01. The van der Waals surface area contributed by atoms with Gasteiger partial charge in [0.2, 0.25) is 0 Å². The second kappa shape index (κ2) is 2.62. The van der Waals surface area contributed by atoms with Crippen LogP contribution in [0.2, 0.25) is 0 Å². The van der Waals surface area contributed by atoms with Crippen LogP contribution in [0.4, 0.5) is 5.69 Å². The molecule has 0 radical (unpaired) electrons.